The van der Waals surface area contributed by atoms with E-state index in [1.165, 1.54) is 28.8 Å². The molecule has 0 aliphatic carbocycles. The molecule has 0 radical (unpaired) electrons. The Labute approximate surface area is 148 Å². The molecule has 2 aromatic heterocycles. The molecule has 7 nitrogen and oxygen atoms in total. The minimum atomic E-state index is -1.23. The molecule has 3 aromatic rings. The molecule has 0 bridgehead atoms. The molecule has 134 valence electrons. The van der Waals surface area contributed by atoms with Gasteiger partial charge in [-0.05, 0) is 30.7 Å². The lowest BCUT2D eigenvalue weighted by molar-refractivity contribution is -0.122. The molecule has 0 fully saturated rings. The molecule has 0 spiro atoms. The molecule has 0 aliphatic heterocycles. The highest BCUT2D eigenvalue weighted by Gasteiger charge is 2.25. The van der Waals surface area contributed by atoms with Crippen molar-refractivity contribution in [2.24, 2.45) is 0 Å². The molecule has 1 unspecified atom stereocenters. The van der Waals surface area contributed by atoms with Crippen LogP contribution in [-0.4, -0.2) is 32.5 Å². The maximum Gasteiger partial charge on any atom is 0.356 e. The van der Waals surface area contributed by atoms with Gasteiger partial charge < -0.3 is 15.2 Å². The SMILES string of the molecule is CCC(Oc1ccccc1F)C(=O)Nc1nc2ccccn2c1C(=O)O. The molecule has 1 amide bonds. The summed E-state index contributed by atoms with van der Waals surface area (Å²) >= 11 is 0. The van der Waals surface area contributed by atoms with Gasteiger partial charge in [0.1, 0.15) is 5.65 Å². The van der Waals surface area contributed by atoms with Gasteiger partial charge in [0.25, 0.3) is 5.91 Å². The minimum Gasteiger partial charge on any atom is -0.478 e. The van der Waals surface area contributed by atoms with Gasteiger partial charge in [-0.25, -0.2) is 14.2 Å². The Bertz CT molecular complexity index is 970. The summed E-state index contributed by atoms with van der Waals surface area (Å²) in [7, 11) is 0. The number of amides is 1. The first-order valence-electron chi connectivity index (χ1n) is 7.93. The summed E-state index contributed by atoms with van der Waals surface area (Å²) in [6, 6.07) is 10.7. The molecule has 3 rings (SSSR count). The van der Waals surface area contributed by atoms with Crippen LogP contribution >= 0.6 is 0 Å². The van der Waals surface area contributed by atoms with E-state index in [-0.39, 0.29) is 23.7 Å². The Morgan fingerprint density at radius 3 is 2.69 bits per heavy atom. The summed E-state index contributed by atoms with van der Waals surface area (Å²) in [4.78, 5) is 28.2. The van der Waals surface area contributed by atoms with E-state index >= 15 is 0 Å². The maximum atomic E-state index is 13.7. The highest BCUT2D eigenvalue weighted by atomic mass is 19.1. The lowest BCUT2D eigenvalue weighted by atomic mass is 10.2. The van der Waals surface area contributed by atoms with Crippen LogP contribution in [-0.2, 0) is 4.79 Å². The van der Waals surface area contributed by atoms with Crippen molar-refractivity contribution >= 4 is 23.3 Å². The second kappa shape index (κ2) is 7.22. The van der Waals surface area contributed by atoms with E-state index in [0.29, 0.717) is 5.65 Å². The summed E-state index contributed by atoms with van der Waals surface area (Å²) in [6.45, 7) is 1.70. The highest BCUT2D eigenvalue weighted by molar-refractivity contribution is 6.00. The Morgan fingerprint density at radius 2 is 2.00 bits per heavy atom. The van der Waals surface area contributed by atoms with Crippen LogP contribution in [0, 0.1) is 5.82 Å². The van der Waals surface area contributed by atoms with E-state index in [4.69, 9.17) is 4.74 Å². The molecule has 2 N–H and O–H groups in total. The number of rotatable bonds is 6. The lowest BCUT2D eigenvalue weighted by Crippen LogP contribution is -2.33. The molecule has 1 aromatic carbocycles. The number of carboxylic acid groups (broad SMARTS) is 1. The predicted octanol–water partition coefficient (Wildman–Crippen LogP) is 2.97. The number of carbonyl (C=O) groups excluding carboxylic acids is 1. The first kappa shape index (κ1) is 17.4. The Morgan fingerprint density at radius 1 is 1.27 bits per heavy atom. The van der Waals surface area contributed by atoms with Crippen LogP contribution in [0.5, 0.6) is 5.75 Å². The molecule has 2 heterocycles. The van der Waals surface area contributed by atoms with E-state index < -0.39 is 23.8 Å². The van der Waals surface area contributed by atoms with Gasteiger partial charge in [0.15, 0.2) is 29.2 Å². The number of hydrogen-bond donors (Lipinski definition) is 2. The van der Waals surface area contributed by atoms with Crippen LogP contribution in [0.4, 0.5) is 10.2 Å². The van der Waals surface area contributed by atoms with Gasteiger partial charge in [-0.1, -0.05) is 25.1 Å². The number of nitrogens with one attached hydrogen (secondary N) is 1. The van der Waals surface area contributed by atoms with Gasteiger partial charge >= 0.3 is 5.97 Å². The Hall–Kier alpha value is -3.42. The number of fused-ring (bicyclic) bond motifs is 1. The topological polar surface area (TPSA) is 92.9 Å². The number of halogens is 1. The molecule has 0 saturated heterocycles. The second-order valence-corrected chi connectivity index (χ2v) is 5.48. The Kier molecular flexibility index (Phi) is 4.83. The number of nitrogens with zero attached hydrogens (tertiary/aromatic N) is 2. The number of carbonyl (C=O) groups is 2. The smallest absolute Gasteiger partial charge is 0.356 e. The molecule has 0 aliphatic rings. The fourth-order valence-corrected chi connectivity index (χ4v) is 2.50. The Balaban J connectivity index is 1.86. The van der Waals surface area contributed by atoms with Crippen molar-refractivity contribution in [2.75, 3.05) is 5.32 Å². The van der Waals surface area contributed by atoms with Gasteiger partial charge in [-0.2, -0.15) is 0 Å². The van der Waals surface area contributed by atoms with Crippen molar-refractivity contribution in [3.8, 4) is 5.75 Å². The second-order valence-electron chi connectivity index (χ2n) is 5.48. The third-order valence-corrected chi connectivity index (χ3v) is 3.74. The zero-order valence-corrected chi connectivity index (χ0v) is 13.8. The van der Waals surface area contributed by atoms with Crippen LogP contribution in [0.15, 0.2) is 48.7 Å². The molecule has 8 heteroatoms. The number of hydrogen-bond acceptors (Lipinski definition) is 4. The van der Waals surface area contributed by atoms with Crippen molar-refractivity contribution in [1.82, 2.24) is 9.38 Å². The van der Waals surface area contributed by atoms with Gasteiger partial charge in [-0.15, -0.1) is 0 Å². The van der Waals surface area contributed by atoms with Crippen molar-refractivity contribution in [1.29, 1.82) is 0 Å². The number of para-hydroxylation sites is 1. The first-order valence-corrected chi connectivity index (χ1v) is 7.93. The first-order chi connectivity index (χ1) is 12.5. The fourth-order valence-electron chi connectivity index (χ4n) is 2.50. The van der Waals surface area contributed by atoms with Crippen LogP contribution < -0.4 is 10.1 Å². The predicted molar refractivity (Wildman–Crippen MR) is 91.9 cm³/mol. The van der Waals surface area contributed by atoms with Crippen LogP contribution in [0.2, 0.25) is 0 Å². The van der Waals surface area contributed by atoms with Gasteiger partial charge in [0.05, 0.1) is 0 Å². The van der Waals surface area contributed by atoms with Crippen molar-refractivity contribution < 1.29 is 23.8 Å². The number of aromatic nitrogens is 2. The summed E-state index contributed by atoms with van der Waals surface area (Å²) in [6.07, 6.45) is 0.795. The van der Waals surface area contributed by atoms with Gasteiger partial charge in [0.2, 0.25) is 0 Å². The molecule has 0 saturated carbocycles. The molecule has 1 atom stereocenters. The van der Waals surface area contributed by atoms with Gasteiger partial charge in [0, 0.05) is 6.20 Å². The van der Waals surface area contributed by atoms with E-state index in [0.717, 1.165) is 0 Å². The number of pyridine rings is 1. The number of ether oxygens (including phenoxy) is 1. The third-order valence-electron chi connectivity index (χ3n) is 3.74. The maximum absolute atomic E-state index is 13.7. The average molecular weight is 357 g/mol. The summed E-state index contributed by atoms with van der Waals surface area (Å²) in [5.74, 6) is -2.58. The summed E-state index contributed by atoms with van der Waals surface area (Å²) in [5, 5.41) is 11.9. The van der Waals surface area contributed by atoms with E-state index in [1.807, 2.05) is 0 Å². The molecular formula is C18H16FN3O4. The summed E-state index contributed by atoms with van der Waals surface area (Å²) < 4.78 is 20.5. The molecular weight excluding hydrogens is 341 g/mol. The van der Waals surface area contributed by atoms with Crippen molar-refractivity contribution in [3.63, 3.8) is 0 Å². The average Bonchev–Trinajstić information content (AvgIpc) is 2.98. The monoisotopic (exact) mass is 357 g/mol. The van der Waals surface area contributed by atoms with Crippen molar-refractivity contribution in [3.05, 3.63) is 60.2 Å². The van der Waals surface area contributed by atoms with E-state index in [1.54, 1.807) is 31.2 Å². The van der Waals surface area contributed by atoms with Crippen LogP contribution in [0.3, 0.4) is 0 Å². The minimum absolute atomic E-state index is 0.0528. The molecule has 26 heavy (non-hydrogen) atoms. The van der Waals surface area contributed by atoms with Crippen LogP contribution in [0.25, 0.3) is 5.65 Å². The van der Waals surface area contributed by atoms with E-state index in [9.17, 15) is 19.1 Å². The third kappa shape index (κ3) is 3.34. The number of benzene rings is 1. The quantitative estimate of drug-likeness (QED) is 0.707. The summed E-state index contributed by atoms with van der Waals surface area (Å²) in [5.41, 5.74) is 0.206. The normalized spacial score (nSPS) is 11.9. The van der Waals surface area contributed by atoms with E-state index in [2.05, 4.69) is 10.3 Å². The van der Waals surface area contributed by atoms with Crippen molar-refractivity contribution in [2.45, 2.75) is 19.4 Å². The van der Waals surface area contributed by atoms with Gasteiger partial charge in [-0.3, -0.25) is 9.20 Å². The zero-order chi connectivity index (χ0) is 18.7. The number of aromatic carboxylic acids is 1. The number of carboxylic acids is 1. The largest absolute Gasteiger partial charge is 0.478 e. The standard InChI is InChI=1S/C18H16FN3O4/c1-2-12(26-13-8-4-3-7-11(13)19)17(23)21-16-15(18(24)25)22-10-6-5-9-14(22)20-16/h3-10,12H,2H2,1H3,(H,21,23)(H,24,25). The number of imidazole rings is 1. The van der Waals surface area contributed by atoms with Crippen LogP contribution in [0.1, 0.15) is 23.8 Å². The lowest BCUT2D eigenvalue weighted by Gasteiger charge is -2.17. The fraction of sp³-hybridized carbons (Fsp3) is 0.167. The highest BCUT2D eigenvalue weighted by Crippen LogP contribution is 2.21. The number of anilines is 1. The zero-order valence-electron chi connectivity index (χ0n) is 13.8.